The zero-order valence-electron chi connectivity index (χ0n) is 20.8. The molecule has 0 spiro atoms. The molecule has 0 unspecified atom stereocenters. The van der Waals surface area contributed by atoms with Crippen molar-refractivity contribution < 1.29 is 9.59 Å². The molecule has 2 aliphatic rings. The summed E-state index contributed by atoms with van der Waals surface area (Å²) in [5.74, 6) is 2.54. The molecule has 1 saturated carbocycles. The Morgan fingerprint density at radius 1 is 1.12 bits per heavy atom. The fraction of sp³-hybridized carbons (Fsp3) is 0.630. The monoisotopic (exact) mass is 450 g/mol. The van der Waals surface area contributed by atoms with Crippen molar-refractivity contribution in [3.05, 3.63) is 46.5 Å². The first kappa shape index (κ1) is 23.7. The second-order valence-electron chi connectivity index (χ2n) is 10.6. The number of aromatic nitrogens is 3. The minimum Gasteiger partial charge on any atom is -0.341 e. The highest BCUT2D eigenvalue weighted by molar-refractivity contribution is 5.86. The Morgan fingerprint density at radius 3 is 2.52 bits per heavy atom. The van der Waals surface area contributed by atoms with Gasteiger partial charge in [0.15, 0.2) is 0 Å². The van der Waals surface area contributed by atoms with Gasteiger partial charge in [-0.15, -0.1) is 10.2 Å². The molecule has 1 aliphatic carbocycles. The lowest BCUT2D eigenvalue weighted by molar-refractivity contribution is -0.128. The summed E-state index contributed by atoms with van der Waals surface area (Å²) in [6.07, 6.45) is 5.89. The van der Waals surface area contributed by atoms with Gasteiger partial charge in [0.25, 0.3) is 0 Å². The predicted octanol–water partition coefficient (Wildman–Crippen LogP) is 4.58. The summed E-state index contributed by atoms with van der Waals surface area (Å²) in [7, 11) is 0. The maximum atomic E-state index is 13.6. The van der Waals surface area contributed by atoms with Crippen LogP contribution in [0.4, 0.5) is 0 Å². The SMILES string of the molecule is CC(=O)N1C[C@H](C(=O)Cc2ccc(C)cc2C)[C@@H](c2nnc(CCCC(C)C)n2C2CC2)C1. The first-order valence-electron chi connectivity index (χ1n) is 12.5. The van der Waals surface area contributed by atoms with E-state index in [2.05, 4.69) is 60.7 Å². The lowest BCUT2D eigenvalue weighted by Gasteiger charge is -2.19. The van der Waals surface area contributed by atoms with Gasteiger partial charge in [-0.25, -0.2) is 0 Å². The molecular weight excluding hydrogens is 412 g/mol. The average Bonchev–Trinajstić information content (AvgIpc) is 3.33. The van der Waals surface area contributed by atoms with Gasteiger partial charge in [-0.3, -0.25) is 9.59 Å². The number of hydrogen-bond acceptors (Lipinski definition) is 4. The molecule has 6 nitrogen and oxygen atoms in total. The molecule has 1 aliphatic heterocycles. The zero-order chi connectivity index (χ0) is 23.7. The second-order valence-corrected chi connectivity index (χ2v) is 10.6. The predicted molar refractivity (Wildman–Crippen MR) is 129 cm³/mol. The quantitative estimate of drug-likeness (QED) is 0.561. The highest BCUT2D eigenvalue weighted by Crippen LogP contribution is 2.41. The molecule has 6 heteroatoms. The number of ketones is 1. The summed E-state index contributed by atoms with van der Waals surface area (Å²) >= 11 is 0. The number of Topliss-reactive ketones (excluding diaryl/α,β-unsaturated/α-hetero) is 1. The molecule has 0 bridgehead atoms. The highest BCUT2D eigenvalue weighted by Gasteiger charge is 2.43. The Balaban J connectivity index is 1.59. The van der Waals surface area contributed by atoms with Crippen LogP contribution in [0, 0.1) is 25.7 Å². The summed E-state index contributed by atoms with van der Waals surface area (Å²) < 4.78 is 2.33. The first-order chi connectivity index (χ1) is 15.7. The van der Waals surface area contributed by atoms with E-state index in [-0.39, 0.29) is 23.5 Å². The maximum Gasteiger partial charge on any atom is 0.219 e. The van der Waals surface area contributed by atoms with Crippen LogP contribution < -0.4 is 0 Å². The Bertz CT molecular complexity index is 1020. The van der Waals surface area contributed by atoms with Crippen molar-refractivity contribution in [1.29, 1.82) is 0 Å². The van der Waals surface area contributed by atoms with Gasteiger partial charge < -0.3 is 9.47 Å². The third-order valence-corrected chi connectivity index (χ3v) is 7.26. The number of amides is 1. The number of likely N-dealkylation sites (tertiary alicyclic amines) is 1. The van der Waals surface area contributed by atoms with Crippen LogP contribution in [-0.2, 0) is 22.4 Å². The van der Waals surface area contributed by atoms with Crippen LogP contribution >= 0.6 is 0 Å². The number of carbonyl (C=O) groups excluding carboxylic acids is 2. The molecule has 0 N–H and O–H groups in total. The van der Waals surface area contributed by atoms with Crippen LogP contribution in [0.3, 0.4) is 0 Å². The van der Waals surface area contributed by atoms with Crippen molar-refractivity contribution in [2.24, 2.45) is 11.8 Å². The minimum absolute atomic E-state index is 0.0245. The maximum absolute atomic E-state index is 13.6. The van der Waals surface area contributed by atoms with Gasteiger partial charge in [0.1, 0.15) is 17.4 Å². The third kappa shape index (κ3) is 5.36. The fourth-order valence-corrected chi connectivity index (χ4v) is 5.17. The van der Waals surface area contributed by atoms with Gasteiger partial charge in [0.05, 0.1) is 0 Å². The molecule has 1 saturated heterocycles. The molecule has 1 aromatic heterocycles. The number of carbonyl (C=O) groups is 2. The molecular formula is C27H38N4O2. The molecule has 33 heavy (non-hydrogen) atoms. The van der Waals surface area contributed by atoms with E-state index in [1.807, 2.05) is 4.90 Å². The minimum atomic E-state index is -0.236. The van der Waals surface area contributed by atoms with Gasteiger partial charge in [0, 0.05) is 50.7 Å². The summed E-state index contributed by atoms with van der Waals surface area (Å²) in [6.45, 7) is 11.3. The van der Waals surface area contributed by atoms with Crippen molar-refractivity contribution in [2.75, 3.05) is 13.1 Å². The molecule has 1 aromatic carbocycles. The molecule has 2 fully saturated rings. The van der Waals surface area contributed by atoms with Gasteiger partial charge in [-0.2, -0.15) is 0 Å². The zero-order valence-corrected chi connectivity index (χ0v) is 20.8. The van der Waals surface area contributed by atoms with Crippen molar-refractivity contribution in [1.82, 2.24) is 19.7 Å². The molecule has 2 aromatic rings. The molecule has 2 heterocycles. The van der Waals surface area contributed by atoms with Crippen LogP contribution in [0.15, 0.2) is 18.2 Å². The van der Waals surface area contributed by atoms with E-state index >= 15 is 0 Å². The summed E-state index contributed by atoms with van der Waals surface area (Å²) in [4.78, 5) is 27.6. The van der Waals surface area contributed by atoms with Crippen molar-refractivity contribution in [3.8, 4) is 0 Å². The lowest BCUT2D eigenvalue weighted by atomic mass is 9.87. The summed E-state index contributed by atoms with van der Waals surface area (Å²) in [5.41, 5.74) is 3.42. The van der Waals surface area contributed by atoms with E-state index in [1.165, 1.54) is 12.0 Å². The highest BCUT2D eigenvalue weighted by atomic mass is 16.2. The van der Waals surface area contributed by atoms with Crippen molar-refractivity contribution >= 4 is 11.7 Å². The van der Waals surface area contributed by atoms with Gasteiger partial charge in [-0.1, -0.05) is 44.0 Å². The normalized spacial score (nSPS) is 20.6. The van der Waals surface area contributed by atoms with E-state index in [1.54, 1.807) is 6.92 Å². The number of nitrogens with zero attached hydrogens (tertiary/aromatic N) is 4. The number of rotatable bonds is 9. The number of hydrogen-bond donors (Lipinski definition) is 0. The summed E-state index contributed by atoms with van der Waals surface area (Å²) in [6, 6.07) is 6.71. The largest absolute Gasteiger partial charge is 0.341 e. The van der Waals surface area contributed by atoms with E-state index in [0.29, 0.717) is 31.5 Å². The van der Waals surface area contributed by atoms with Crippen molar-refractivity contribution in [2.45, 2.75) is 85.1 Å². The van der Waals surface area contributed by atoms with E-state index < -0.39 is 0 Å². The second kappa shape index (κ2) is 9.78. The number of aryl methyl sites for hydroxylation is 3. The number of benzene rings is 1. The Hall–Kier alpha value is -2.50. The Kier molecular flexibility index (Phi) is 7.01. The Labute approximate surface area is 197 Å². The molecule has 2 atom stereocenters. The van der Waals surface area contributed by atoms with Crippen LogP contribution in [0.5, 0.6) is 0 Å². The standard InChI is InChI=1S/C27H38N4O2/c1-17(2)7-6-8-26-28-29-27(31(26)22-11-12-22)24-16-30(20(5)32)15-23(24)25(33)14-21-10-9-18(3)13-19(21)4/h9-10,13,17,22-24H,6-8,11-12,14-16H2,1-5H3/t23-,24-/m0/s1. The van der Waals surface area contributed by atoms with Crippen LogP contribution in [0.1, 0.15) is 86.8 Å². The van der Waals surface area contributed by atoms with Crippen LogP contribution in [0.2, 0.25) is 0 Å². The topological polar surface area (TPSA) is 68.1 Å². The Morgan fingerprint density at radius 2 is 1.88 bits per heavy atom. The van der Waals surface area contributed by atoms with E-state index in [0.717, 1.165) is 48.5 Å². The van der Waals surface area contributed by atoms with Crippen molar-refractivity contribution in [3.63, 3.8) is 0 Å². The van der Waals surface area contributed by atoms with E-state index in [9.17, 15) is 9.59 Å². The summed E-state index contributed by atoms with van der Waals surface area (Å²) in [5, 5.41) is 9.23. The molecule has 1 amide bonds. The van der Waals surface area contributed by atoms with Gasteiger partial charge in [0.2, 0.25) is 5.91 Å². The lowest BCUT2D eigenvalue weighted by Crippen LogP contribution is -2.28. The van der Waals surface area contributed by atoms with Gasteiger partial charge >= 0.3 is 0 Å². The molecule has 178 valence electrons. The average molecular weight is 451 g/mol. The fourth-order valence-electron chi connectivity index (χ4n) is 5.17. The van der Waals surface area contributed by atoms with Crippen LogP contribution in [0.25, 0.3) is 0 Å². The third-order valence-electron chi connectivity index (χ3n) is 7.26. The van der Waals surface area contributed by atoms with Crippen LogP contribution in [-0.4, -0.2) is 44.4 Å². The molecule has 0 radical (unpaired) electrons. The first-order valence-corrected chi connectivity index (χ1v) is 12.5. The van der Waals surface area contributed by atoms with Gasteiger partial charge in [-0.05, 0) is 50.2 Å². The molecule has 4 rings (SSSR count). The van der Waals surface area contributed by atoms with E-state index in [4.69, 9.17) is 0 Å². The smallest absolute Gasteiger partial charge is 0.219 e.